The number of carbonyl (C=O) groups excluding carboxylic acids is 1. The molecule has 0 atom stereocenters. The van der Waals surface area contributed by atoms with Gasteiger partial charge in [-0.25, -0.2) is 9.18 Å². The van der Waals surface area contributed by atoms with Crippen molar-refractivity contribution in [2.45, 2.75) is 12.8 Å². The van der Waals surface area contributed by atoms with Crippen LogP contribution in [0.4, 0.5) is 9.18 Å². The summed E-state index contributed by atoms with van der Waals surface area (Å²) in [5.74, 6) is 0.567. The zero-order valence-corrected chi connectivity index (χ0v) is 12.9. The average molecular weight is 316 g/mol. The van der Waals surface area contributed by atoms with Crippen molar-refractivity contribution >= 4 is 6.03 Å². The van der Waals surface area contributed by atoms with Gasteiger partial charge in [-0.1, -0.05) is 30.3 Å². The average Bonchev–Trinajstić information content (AvgIpc) is 2.55. The zero-order valence-electron chi connectivity index (χ0n) is 12.9. The van der Waals surface area contributed by atoms with Gasteiger partial charge in [0.25, 0.3) is 0 Å². The molecular weight excluding hydrogens is 295 g/mol. The molecule has 0 heterocycles. The Bertz CT molecular complexity index is 605. The molecule has 0 aliphatic rings. The van der Waals surface area contributed by atoms with Gasteiger partial charge in [0.15, 0.2) is 0 Å². The van der Waals surface area contributed by atoms with Gasteiger partial charge in [-0.05, 0) is 42.7 Å². The Morgan fingerprint density at radius 1 is 1.00 bits per heavy atom. The number of hydrogen-bond donors (Lipinski definition) is 2. The SMILES string of the molecule is O=C(NCCCOc1ccccc1)NCCc1cccc(F)c1. The van der Waals surface area contributed by atoms with Crippen LogP contribution >= 0.6 is 0 Å². The molecule has 0 saturated carbocycles. The molecule has 0 radical (unpaired) electrons. The molecule has 0 spiro atoms. The van der Waals surface area contributed by atoms with E-state index >= 15 is 0 Å². The van der Waals surface area contributed by atoms with Crippen molar-refractivity contribution in [2.75, 3.05) is 19.7 Å². The molecule has 0 bridgehead atoms. The van der Waals surface area contributed by atoms with E-state index in [1.54, 1.807) is 6.07 Å². The molecule has 122 valence electrons. The summed E-state index contributed by atoms with van der Waals surface area (Å²) in [6.07, 6.45) is 1.33. The molecule has 2 aromatic carbocycles. The van der Waals surface area contributed by atoms with Gasteiger partial charge in [-0.3, -0.25) is 0 Å². The summed E-state index contributed by atoms with van der Waals surface area (Å²) in [6, 6.07) is 15.7. The second-order valence-electron chi connectivity index (χ2n) is 5.08. The van der Waals surface area contributed by atoms with E-state index in [0.717, 1.165) is 17.7 Å². The first-order valence-electron chi connectivity index (χ1n) is 7.68. The summed E-state index contributed by atoms with van der Waals surface area (Å²) >= 11 is 0. The van der Waals surface area contributed by atoms with E-state index in [9.17, 15) is 9.18 Å². The minimum atomic E-state index is -0.259. The summed E-state index contributed by atoms with van der Waals surface area (Å²) in [4.78, 5) is 11.6. The predicted molar refractivity (Wildman–Crippen MR) is 88.1 cm³/mol. The van der Waals surface area contributed by atoms with Crippen molar-refractivity contribution < 1.29 is 13.9 Å². The van der Waals surface area contributed by atoms with E-state index in [4.69, 9.17) is 4.74 Å². The Hall–Kier alpha value is -2.56. The van der Waals surface area contributed by atoms with Crippen LogP contribution in [0.2, 0.25) is 0 Å². The lowest BCUT2D eigenvalue weighted by atomic mass is 10.1. The van der Waals surface area contributed by atoms with Gasteiger partial charge in [0.2, 0.25) is 0 Å². The number of carbonyl (C=O) groups is 1. The van der Waals surface area contributed by atoms with Crippen LogP contribution in [0.5, 0.6) is 5.75 Å². The smallest absolute Gasteiger partial charge is 0.314 e. The molecule has 2 rings (SSSR count). The third-order valence-electron chi connectivity index (χ3n) is 3.21. The third-order valence-corrected chi connectivity index (χ3v) is 3.21. The quantitative estimate of drug-likeness (QED) is 0.735. The number of para-hydroxylation sites is 1. The van der Waals surface area contributed by atoms with E-state index in [1.807, 2.05) is 36.4 Å². The number of amides is 2. The summed E-state index contributed by atoms with van der Waals surface area (Å²) in [5.41, 5.74) is 0.863. The van der Waals surface area contributed by atoms with Gasteiger partial charge in [0.1, 0.15) is 11.6 Å². The number of hydrogen-bond acceptors (Lipinski definition) is 2. The Labute approximate surface area is 135 Å². The number of ether oxygens (including phenoxy) is 1. The molecule has 0 aromatic heterocycles. The van der Waals surface area contributed by atoms with Gasteiger partial charge in [-0.15, -0.1) is 0 Å². The highest BCUT2D eigenvalue weighted by Gasteiger charge is 2.00. The molecule has 2 amide bonds. The van der Waals surface area contributed by atoms with Gasteiger partial charge < -0.3 is 15.4 Å². The largest absolute Gasteiger partial charge is 0.494 e. The Morgan fingerprint density at radius 3 is 2.57 bits per heavy atom. The van der Waals surface area contributed by atoms with Crippen LogP contribution in [-0.2, 0) is 6.42 Å². The van der Waals surface area contributed by atoms with E-state index in [1.165, 1.54) is 12.1 Å². The number of rotatable bonds is 8. The highest BCUT2D eigenvalue weighted by molar-refractivity contribution is 5.73. The lowest BCUT2D eigenvalue weighted by Gasteiger charge is -2.09. The molecular formula is C18H21FN2O2. The topological polar surface area (TPSA) is 50.4 Å². The van der Waals surface area contributed by atoms with Crippen LogP contribution in [0.15, 0.2) is 54.6 Å². The highest BCUT2D eigenvalue weighted by Crippen LogP contribution is 2.08. The van der Waals surface area contributed by atoms with Crippen LogP contribution in [-0.4, -0.2) is 25.7 Å². The molecule has 0 unspecified atom stereocenters. The summed E-state index contributed by atoms with van der Waals surface area (Å²) < 4.78 is 18.5. The zero-order chi connectivity index (χ0) is 16.3. The maximum atomic E-state index is 13.0. The monoisotopic (exact) mass is 316 g/mol. The number of urea groups is 1. The minimum Gasteiger partial charge on any atom is -0.494 e. The summed E-state index contributed by atoms with van der Waals surface area (Å²) in [6.45, 7) is 1.56. The molecule has 2 aromatic rings. The number of halogens is 1. The standard InChI is InChI=1S/C18H21FN2O2/c19-16-7-4-6-15(14-16)10-12-21-18(22)20-11-5-13-23-17-8-2-1-3-9-17/h1-4,6-9,14H,5,10-13H2,(H2,20,21,22). The van der Waals surface area contributed by atoms with E-state index in [2.05, 4.69) is 10.6 Å². The normalized spacial score (nSPS) is 10.1. The molecule has 23 heavy (non-hydrogen) atoms. The lowest BCUT2D eigenvalue weighted by Crippen LogP contribution is -2.37. The van der Waals surface area contributed by atoms with Crippen molar-refractivity contribution in [1.82, 2.24) is 10.6 Å². The van der Waals surface area contributed by atoms with Gasteiger partial charge in [0.05, 0.1) is 6.61 Å². The van der Waals surface area contributed by atoms with Crippen molar-refractivity contribution in [1.29, 1.82) is 0 Å². The first kappa shape index (κ1) is 16.8. The van der Waals surface area contributed by atoms with Crippen LogP contribution in [0.25, 0.3) is 0 Å². The van der Waals surface area contributed by atoms with Crippen LogP contribution in [0.3, 0.4) is 0 Å². The second-order valence-corrected chi connectivity index (χ2v) is 5.08. The summed E-state index contributed by atoms with van der Waals surface area (Å²) in [5, 5.41) is 5.51. The molecule has 0 aliphatic carbocycles. The first-order valence-corrected chi connectivity index (χ1v) is 7.68. The highest BCUT2D eigenvalue weighted by atomic mass is 19.1. The van der Waals surface area contributed by atoms with Crippen molar-refractivity contribution in [3.05, 3.63) is 66.0 Å². The van der Waals surface area contributed by atoms with Crippen LogP contribution in [0, 0.1) is 5.82 Å². The second kappa shape index (κ2) is 9.46. The van der Waals surface area contributed by atoms with Gasteiger partial charge >= 0.3 is 6.03 Å². The Kier molecular flexibility index (Phi) is 6.91. The third kappa shape index (κ3) is 6.82. The molecule has 4 nitrogen and oxygen atoms in total. The fourth-order valence-electron chi connectivity index (χ4n) is 2.06. The maximum Gasteiger partial charge on any atom is 0.314 e. The maximum absolute atomic E-state index is 13.0. The van der Waals surface area contributed by atoms with Crippen LogP contribution < -0.4 is 15.4 Å². The van der Waals surface area contributed by atoms with Crippen LogP contribution in [0.1, 0.15) is 12.0 Å². The molecule has 5 heteroatoms. The fourth-order valence-corrected chi connectivity index (χ4v) is 2.06. The molecule has 2 N–H and O–H groups in total. The van der Waals surface area contributed by atoms with E-state index in [-0.39, 0.29) is 11.8 Å². The lowest BCUT2D eigenvalue weighted by molar-refractivity contribution is 0.239. The first-order chi connectivity index (χ1) is 11.2. The summed E-state index contributed by atoms with van der Waals surface area (Å²) in [7, 11) is 0. The number of nitrogens with one attached hydrogen (secondary N) is 2. The van der Waals surface area contributed by atoms with Crippen molar-refractivity contribution in [3.63, 3.8) is 0 Å². The molecule has 0 aliphatic heterocycles. The molecule has 0 saturated heterocycles. The van der Waals surface area contributed by atoms with Gasteiger partial charge in [0, 0.05) is 13.1 Å². The van der Waals surface area contributed by atoms with E-state index in [0.29, 0.717) is 26.1 Å². The van der Waals surface area contributed by atoms with Crippen molar-refractivity contribution in [2.24, 2.45) is 0 Å². The van der Waals surface area contributed by atoms with E-state index < -0.39 is 0 Å². The molecule has 0 fully saturated rings. The van der Waals surface area contributed by atoms with Crippen molar-refractivity contribution in [3.8, 4) is 5.75 Å². The fraction of sp³-hybridized carbons (Fsp3) is 0.278. The Balaban J connectivity index is 1.52. The predicted octanol–water partition coefficient (Wildman–Crippen LogP) is 3.14. The number of benzene rings is 2. The van der Waals surface area contributed by atoms with Gasteiger partial charge in [-0.2, -0.15) is 0 Å². The minimum absolute atomic E-state index is 0.221. The Morgan fingerprint density at radius 2 is 1.78 bits per heavy atom.